The number of carboxylic acid groups (broad SMARTS) is 1. The average molecular weight is 504 g/mol. The van der Waals surface area contributed by atoms with Crippen LogP contribution in [0.25, 0.3) is 0 Å². The number of carbonyl (C=O) groups excluding carboxylic acids is 2. The van der Waals surface area contributed by atoms with Gasteiger partial charge in [0.05, 0.1) is 12.0 Å². The molecule has 1 spiro atoms. The van der Waals surface area contributed by atoms with Gasteiger partial charge in [0, 0.05) is 41.8 Å². The van der Waals surface area contributed by atoms with E-state index in [2.05, 4.69) is 5.32 Å². The van der Waals surface area contributed by atoms with Crippen molar-refractivity contribution in [2.75, 3.05) is 6.54 Å². The predicted molar refractivity (Wildman–Crippen MR) is 131 cm³/mol. The third-order valence-electron chi connectivity index (χ3n) is 6.59. The van der Waals surface area contributed by atoms with Crippen molar-refractivity contribution in [2.24, 2.45) is 0 Å². The molecule has 9 nitrogen and oxygen atoms in total. The van der Waals surface area contributed by atoms with Gasteiger partial charge in [-0.3, -0.25) is 9.59 Å². The Labute approximate surface area is 212 Å². The van der Waals surface area contributed by atoms with Crippen LogP contribution in [0, 0.1) is 0 Å². The van der Waals surface area contributed by atoms with Gasteiger partial charge in [0.25, 0.3) is 0 Å². The number of ether oxygens (including phenoxy) is 2. The second-order valence-electron chi connectivity index (χ2n) is 9.14. The van der Waals surface area contributed by atoms with Crippen LogP contribution in [-0.2, 0) is 26.3 Å². The summed E-state index contributed by atoms with van der Waals surface area (Å²) in [5, 5.41) is 31.5. The molecule has 0 bridgehead atoms. The quantitative estimate of drug-likeness (QED) is 0.267. The maximum Gasteiger partial charge on any atom is 0.340 e. The second kappa shape index (κ2) is 9.50. The van der Waals surface area contributed by atoms with Gasteiger partial charge in [-0.25, -0.2) is 4.79 Å². The zero-order valence-electron chi connectivity index (χ0n) is 19.8. The minimum Gasteiger partial charge on any atom is -0.508 e. The molecule has 0 saturated heterocycles. The fraction of sp³-hybridized carbons (Fsp3) is 0.250. The zero-order chi connectivity index (χ0) is 26.2. The molecular weight excluding hydrogens is 478 g/mol. The Morgan fingerprint density at radius 2 is 1.49 bits per heavy atom. The first-order chi connectivity index (χ1) is 17.8. The smallest absolute Gasteiger partial charge is 0.340 e. The lowest BCUT2D eigenvalue weighted by atomic mass is 9.77. The summed E-state index contributed by atoms with van der Waals surface area (Å²) in [5.74, 6) is -1.04. The van der Waals surface area contributed by atoms with E-state index >= 15 is 0 Å². The summed E-state index contributed by atoms with van der Waals surface area (Å²) in [6, 6.07) is 14.3. The molecule has 1 amide bonds. The molecule has 0 radical (unpaired) electrons. The van der Waals surface area contributed by atoms with Gasteiger partial charge in [-0.05, 0) is 48.7 Å². The summed E-state index contributed by atoms with van der Waals surface area (Å²) >= 11 is 0. The van der Waals surface area contributed by atoms with Crippen LogP contribution in [0.15, 0.2) is 54.6 Å². The molecule has 190 valence electrons. The first-order valence-electron chi connectivity index (χ1n) is 12.0. The monoisotopic (exact) mass is 503 g/mol. The number of hydrogen-bond donors (Lipinski definition) is 4. The number of carbonyl (C=O) groups is 3. The van der Waals surface area contributed by atoms with Crippen LogP contribution in [0.2, 0.25) is 0 Å². The molecule has 3 aromatic carbocycles. The number of unbranched alkanes of at least 4 members (excludes halogenated alkanes) is 2. The van der Waals surface area contributed by atoms with E-state index in [0.29, 0.717) is 65.1 Å². The first-order valence-corrected chi connectivity index (χ1v) is 12.0. The maximum atomic E-state index is 13.1. The van der Waals surface area contributed by atoms with Crippen LogP contribution in [0.3, 0.4) is 0 Å². The van der Waals surface area contributed by atoms with E-state index in [1.165, 1.54) is 24.3 Å². The molecule has 0 unspecified atom stereocenters. The van der Waals surface area contributed by atoms with Gasteiger partial charge >= 0.3 is 11.9 Å². The van der Waals surface area contributed by atoms with E-state index in [1.54, 1.807) is 30.3 Å². The number of phenols is 2. The summed E-state index contributed by atoms with van der Waals surface area (Å²) in [6.45, 7) is 0.446. The van der Waals surface area contributed by atoms with Gasteiger partial charge in [0.1, 0.15) is 23.0 Å². The lowest BCUT2D eigenvalue weighted by molar-refractivity contribution is -0.137. The number of aromatic hydroxyl groups is 2. The summed E-state index contributed by atoms with van der Waals surface area (Å²) in [6.07, 6.45) is 2.15. The van der Waals surface area contributed by atoms with E-state index in [0.717, 1.165) is 0 Å². The number of carboxylic acids is 1. The molecule has 2 aliphatic heterocycles. The lowest BCUT2D eigenvalue weighted by Gasteiger charge is -2.36. The lowest BCUT2D eigenvalue weighted by Crippen LogP contribution is -2.32. The molecular formula is C28H25NO8. The normalized spacial score (nSPS) is 14.2. The van der Waals surface area contributed by atoms with Gasteiger partial charge in [0.15, 0.2) is 5.60 Å². The molecule has 0 saturated carbocycles. The largest absolute Gasteiger partial charge is 0.508 e. The number of benzene rings is 3. The highest BCUT2D eigenvalue weighted by Crippen LogP contribution is 2.57. The van der Waals surface area contributed by atoms with E-state index in [-0.39, 0.29) is 30.2 Å². The van der Waals surface area contributed by atoms with Gasteiger partial charge in [-0.15, -0.1) is 0 Å². The molecule has 0 aromatic heterocycles. The van der Waals surface area contributed by atoms with Crippen molar-refractivity contribution in [3.05, 3.63) is 82.4 Å². The highest BCUT2D eigenvalue weighted by molar-refractivity contribution is 5.97. The molecule has 4 N–H and O–H groups in total. The van der Waals surface area contributed by atoms with Crippen molar-refractivity contribution in [3.8, 4) is 23.0 Å². The predicted octanol–water partition coefficient (Wildman–Crippen LogP) is 3.97. The standard InChI is InChI=1S/C28H25NO8/c30-17-6-9-21-23(14-17)36-24-15-18(31)7-10-22(24)28(21)20-8-5-16(12-19(20)27(35)37-28)13-25(32)29-11-3-1-2-4-26(33)34/h5-10,12,14-15,30-31H,1-4,11,13H2,(H,29,32)(H,33,34). The Kier molecular flexibility index (Phi) is 6.20. The molecule has 5 rings (SSSR count). The summed E-state index contributed by atoms with van der Waals surface area (Å²) in [4.78, 5) is 36.1. The third-order valence-corrected chi connectivity index (χ3v) is 6.59. The number of fused-ring (bicyclic) bond motifs is 6. The van der Waals surface area contributed by atoms with Crippen molar-refractivity contribution in [2.45, 2.75) is 37.7 Å². The Balaban J connectivity index is 1.41. The Morgan fingerprint density at radius 1 is 0.838 bits per heavy atom. The molecule has 3 aromatic rings. The summed E-state index contributed by atoms with van der Waals surface area (Å²) in [5.41, 5.74) is 1.25. The average Bonchev–Trinajstić information content (AvgIpc) is 3.13. The van der Waals surface area contributed by atoms with Crippen molar-refractivity contribution < 1.29 is 39.2 Å². The number of nitrogens with one attached hydrogen (secondary N) is 1. The highest BCUT2D eigenvalue weighted by atomic mass is 16.6. The number of rotatable bonds is 8. The van der Waals surface area contributed by atoms with Crippen molar-refractivity contribution in [1.82, 2.24) is 5.32 Å². The minimum atomic E-state index is -1.34. The van der Waals surface area contributed by atoms with Gasteiger partial charge in [-0.1, -0.05) is 18.6 Å². The molecule has 0 atom stereocenters. The number of hydrogen-bond acceptors (Lipinski definition) is 7. The number of amides is 1. The second-order valence-corrected chi connectivity index (χ2v) is 9.14. The minimum absolute atomic E-state index is 0.0229. The number of aliphatic carboxylic acids is 1. The Hall–Kier alpha value is -4.53. The van der Waals surface area contributed by atoms with Gasteiger partial charge < -0.3 is 30.1 Å². The summed E-state index contributed by atoms with van der Waals surface area (Å²) < 4.78 is 12.0. The van der Waals surface area contributed by atoms with E-state index < -0.39 is 17.5 Å². The Morgan fingerprint density at radius 3 is 2.14 bits per heavy atom. The van der Waals surface area contributed by atoms with Crippen LogP contribution in [0.5, 0.6) is 23.0 Å². The fourth-order valence-corrected chi connectivity index (χ4v) is 4.92. The van der Waals surface area contributed by atoms with E-state index in [4.69, 9.17) is 14.6 Å². The SMILES string of the molecule is O=C(O)CCCCCNC(=O)Cc1ccc2c(c1)C(=O)OC21c2ccc(O)cc2Oc2cc(O)ccc21. The number of esters is 1. The molecule has 37 heavy (non-hydrogen) atoms. The van der Waals surface area contributed by atoms with Gasteiger partial charge in [-0.2, -0.15) is 0 Å². The zero-order valence-corrected chi connectivity index (χ0v) is 19.8. The van der Waals surface area contributed by atoms with Crippen molar-refractivity contribution in [1.29, 1.82) is 0 Å². The van der Waals surface area contributed by atoms with Crippen LogP contribution in [-0.4, -0.2) is 39.7 Å². The van der Waals surface area contributed by atoms with Crippen LogP contribution < -0.4 is 10.1 Å². The van der Waals surface area contributed by atoms with Crippen LogP contribution in [0.1, 0.15) is 58.3 Å². The third kappa shape index (κ3) is 4.44. The summed E-state index contributed by atoms with van der Waals surface area (Å²) in [7, 11) is 0. The van der Waals surface area contributed by atoms with Crippen LogP contribution in [0.4, 0.5) is 0 Å². The van der Waals surface area contributed by atoms with Crippen LogP contribution >= 0.6 is 0 Å². The number of phenolic OH excluding ortho intramolecular Hbond substituents is 2. The topological polar surface area (TPSA) is 142 Å². The van der Waals surface area contributed by atoms with Crippen molar-refractivity contribution in [3.63, 3.8) is 0 Å². The molecule has 0 aliphatic carbocycles. The van der Waals surface area contributed by atoms with Crippen molar-refractivity contribution >= 4 is 17.8 Å². The fourth-order valence-electron chi connectivity index (χ4n) is 4.92. The molecule has 2 heterocycles. The molecule has 9 heteroatoms. The molecule has 0 fully saturated rings. The first kappa shape index (κ1) is 24.2. The highest BCUT2D eigenvalue weighted by Gasteiger charge is 2.53. The Bertz CT molecular complexity index is 1360. The maximum absolute atomic E-state index is 13.1. The van der Waals surface area contributed by atoms with E-state index in [9.17, 15) is 24.6 Å². The van der Waals surface area contributed by atoms with Gasteiger partial charge in [0.2, 0.25) is 5.91 Å². The van der Waals surface area contributed by atoms with E-state index in [1.807, 2.05) is 0 Å². The molecule has 2 aliphatic rings.